The van der Waals surface area contributed by atoms with Gasteiger partial charge in [-0.1, -0.05) is 51.5 Å². The second-order valence-corrected chi connectivity index (χ2v) is 15.5. The highest BCUT2D eigenvalue weighted by atomic mass is 79.9. The first-order valence-corrected chi connectivity index (χ1v) is 16.0. The second kappa shape index (κ2) is 10.5. The summed E-state index contributed by atoms with van der Waals surface area (Å²) in [7, 11) is -4.11. The summed E-state index contributed by atoms with van der Waals surface area (Å²) in [5.74, 6) is -1.92. The molecule has 0 aromatic heterocycles. The number of rotatable bonds is 6. The van der Waals surface area contributed by atoms with Crippen LogP contribution in [0.15, 0.2) is 74.4 Å². The monoisotopic (exact) mass is 655 g/mol. The van der Waals surface area contributed by atoms with Gasteiger partial charge in [-0.25, -0.2) is 0 Å². The van der Waals surface area contributed by atoms with E-state index in [1.165, 1.54) is 18.2 Å². The van der Waals surface area contributed by atoms with E-state index in [1.807, 2.05) is 34.6 Å². The number of hydrogen-bond acceptors (Lipinski definition) is 7. The van der Waals surface area contributed by atoms with E-state index in [2.05, 4.69) is 15.9 Å². The molecular weight excluding hydrogens is 622 g/mol. The first-order valence-electron chi connectivity index (χ1n) is 13.8. The van der Waals surface area contributed by atoms with Crippen LogP contribution in [0, 0.1) is 17.8 Å². The Morgan fingerprint density at radius 2 is 1.45 bits per heavy atom. The van der Waals surface area contributed by atoms with Crippen LogP contribution in [0.1, 0.15) is 70.4 Å². The lowest BCUT2D eigenvalue weighted by atomic mass is 9.63. The Hall–Kier alpha value is -3.24. The van der Waals surface area contributed by atoms with E-state index in [-0.39, 0.29) is 52.4 Å². The smallest absolute Gasteiger partial charge is 0.339 e. The van der Waals surface area contributed by atoms with Crippen LogP contribution >= 0.6 is 15.9 Å². The van der Waals surface area contributed by atoms with Gasteiger partial charge in [0.25, 0.3) is 0 Å². The van der Waals surface area contributed by atoms with Crippen molar-refractivity contribution >= 4 is 43.6 Å². The average molecular weight is 657 g/mol. The molecule has 2 aliphatic carbocycles. The fourth-order valence-electron chi connectivity index (χ4n) is 6.34. The highest BCUT2D eigenvalue weighted by molar-refractivity contribution is 9.10. The number of carboxylic acid groups (broad SMARTS) is 1. The van der Waals surface area contributed by atoms with Crippen LogP contribution in [0.3, 0.4) is 0 Å². The predicted octanol–water partition coefficient (Wildman–Crippen LogP) is 6.30. The van der Waals surface area contributed by atoms with Crippen LogP contribution in [0.4, 0.5) is 0 Å². The normalized spacial score (nSPS) is 20.4. The predicted molar refractivity (Wildman–Crippen MR) is 160 cm³/mol. The first kappa shape index (κ1) is 30.2. The number of carbonyl (C=O) groups is 3. The van der Waals surface area contributed by atoms with Gasteiger partial charge in [0.05, 0.1) is 4.47 Å². The minimum atomic E-state index is -4.11. The summed E-state index contributed by atoms with van der Waals surface area (Å²) >= 11 is 3.46. The first-order chi connectivity index (χ1) is 19.5. The fraction of sp³-hybridized carbons (Fsp3) is 0.406. The van der Waals surface area contributed by atoms with E-state index in [4.69, 9.17) is 4.18 Å². The topological polar surface area (TPSA) is 118 Å². The molecule has 2 aromatic rings. The van der Waals surface area contributed by atoms with Gasteiger partial charge >= 0.3 is 16.1 Å². The number of halogens is 1. The maximum atomic E-state index is 13.8. The van der Waals surface area contributed by atoms with E-state index < -0.39 is 22.0 Å². The summed E-state index contributed by atoms with van der Waals surface area (Å²) in [6, 6.07) is 11.2. The number of carbonyl (C=O) groups excluding carboxylic acids is 2. The van der Waals surface area contributed by atoms with E-state index in [1.54, 1.807) is 29.2 Å². The Kier molecular flexibility index (Phi) is 7.55. The van der Waals surface area contributed by atoms with Crippen LogP contribution < -0.4 is 4.18 Å². The minimum Gasteiger partial charge on any atom is -0.480 e. The van der Waals surface area contributed by atoms with Crippen LogP contribution in [-0.2, 0) is 24.5 Å². The Bertz CT molecular complexity index is 1630. The van der Waals surface area contributed by atoms with Crippen molar-refractivity contribution in [3.05, 3.63) is 80.6 Å². The summed E-state index contributed by atoms with van der Waals surface area (Å²) in [6.07, 6.45) is 1.51. The number of benzene rings is 2. The van der Waals surface area contributed by atoms with Crippen molar-refractivity contribution in [2.75, 3.05) is 6.54 Å². The molecule has 5 rings (SSSR count). The standard InChI is InChI=1S/C32H34BrNO7S/c1-18-6-9-20(10-7-18)42(39,40)41-26-11-8-19(12-21(26)33)28-29-22(13-31(2,3)15-24(29)35)34(17-27(37)38)23-14-32(4,5)16-25(36)30(23)28/h6-12,28H,13-17H2,1-5H3,(H,37,38). The SMILES string of the molecule is Cc1ccc(S(=O)(=O)Oc2ccc(C3C4=C(CC(C)(C)CC4=O)N(CC(=O)O)C4=C3C(=O)CC(C)(C)C4)cc2Br)cc1. The molecule has 8 nitrogen and oxygen atoms in total. The molecule has 3 aliphatic rings. The molecule has 0 spiro atoms. The minimum absolute atomic E-state index is 0.0188. The van der Waals surface area contributed by atoms with Gasteiger partial charge in [0, 0.05) is 41.3 Å². The van der Waals surface area contributed by atoms with Crippen molar-refractivity contribution in [3.63, 3.8) is 0 Å². The van der Waals surface area contributed by atoms with E-state index >= 15 is 0 Å². The molecule has 0 amide bonds. The van der Waals surface area contributed by atoms with Crippen molar-refractivity contribution in [2.24, 2.45) is 10.8 Å². The lowest BCUT2D eigenvalue weighted by Crippen LogP contribution is -2.45. The van der Waals surface area contributed by atoms with Crippen LogP contribution in [-0.4, -0.2) is 42.5 Å². The lowest BCUT2D eigenvalue weighted by molar-refractivity contribution is -0.138. The molecule has 222 valence electrons. The lowest BCUT2D eigenvalue weighted by Gasteiger charge is -2.48. The molecule has 0 radical (unpaired) electrons. The van der Waals surface area contributed by atoms with Crippen LogP contribution in [0.2, 0.25) is 0 Å². The number of aryl methyl sites for hydroxylation is 1. The number of carboxylic acids is 1. The number of hydrogen-bond donors (Lipinski definition) is 1. The Morgan fingerprint density at radius 1 is 0.929 bits per heavy atom. The molecule has 0 bridgehead atoms. The zero-order chi connectivity index (χ0) is 30.8. The summed E-state index contributed by atoms with van der Waals surface area (Å²) in [4.78, 5) is 41.4. The molecule has 1 aliphatic heterocycles. The van der Waals surface area contributed by atoms with Crippen molar-refractivity contribution in [1.82, 2.24) is 4.90 Å². The Morgan fingerprint density at radius 3 is 1.93 bits per heavy atom. The molecule has 0 atom stereocenters. The van der Waals surface area contributed by atoms with E-state index in [0.29, 0.717) is 45.4 Å². The van der Waals surface area contributed by atoms with Gasteiger partial charge in [-0.3, -0.25) is 14.4 Å². The molecule has 1 N–H and O–H groups in total. The summed E-state index contributed by atoms with van der Waals surface area (Å²) in [5.41, 5.74) is 2.94. The second-order valence-electron chi connectivity index (χ2n) is 13.1. The Balaban J connectivity index is 1.64. The fourth-order valence-corrected chi connectivity index (χ4v) is 7.87. The van der Waals surface area contributed by atoms with Gasteiger partial charge in [-0.2, -0.15) is 8.42 Å². The maximum absolute atomic E-state index is 13.8. The summed E-state index contributed by atoms with van der Waals surface area (Å²) in [6.45, 7) is 9.46. The van der Waals surface area contributed by atoms with Crippen molar-refractivity contribution in [1.29, 1.82) is 0 Å². The molecule has 2 aromatic carbocycles. The molecule has 0 saturated carbocycles. The highest BCUT2D eigenvalue weighted by Gasteiger charge is 2.49. The van der Waals surface area contributed by atoms with Gasteiger partial charge in [-0.15, -0.1) is 0 Å². The zero-order valence-corrected chi connectivity index (χ0v) is 26.7. The van der Waals surface area contributed by atoms with Gasteiger partial charge in [0.15, 0.2) is 17.3 Å². The Labute approximate surface area is 254 Å². The third kappa shape index (κ3) is 5.71. The third-order valence-electron chi connectivity index (χ3n) is 8.11. The molecule has 0 saturated heterocycles. The molecule has 1 heterocycles. The average Bonchev–Trinajstić information content (AvgIpc) is 2.84. The number of Topliss-reactive ketones (excluding diaryl/α,β-unsaturated/α-hetero) is 2. The van der Waals surface area contributed by atoms with Gasteiger partial charge < -0.3 is 14.2 Å². The van der Waals surface area contributed by atoms with E-state index in [0.717, 1.165) is 5.56 Å². The summed E-state index contributed by atoms with van der Waals surface area (Å²) < 4.78 is 31.7. The zero-order valence-electron chi connectivity index (χ0n) is 24.3. The van der Waals surface area contributed by atoms with Crippen molar-refractivity contribution in [2.45, 2.75) is 71.1 Å². The molecule has 42 heavy (non-hydrogen) atoms. The van der Waals surface area contributed by atoms with Gasteiger partial charge in [0.2, 0.25) is 0 Å². The van der Waals surface area contributed by atoms with Gasteiger partial charge in [0.1, 0.15) is 11.4 Å². The van der Waals surface area contributed by atoms with Gasteiger partial charge in [-0.05, 0) is 76.4 Å². The third-order valence-corrected chi connectivity index (χ3v) is 9.98. The number of allylic oxidation sites excluding steroid dienone is 4. The number of nitrogens with zero attached hydrogens (tertiary/aromatic N) is 1. The highest BCUT2D eigenvalue weighted by Crippen LogP contribution is 2.54. The molecule has 0 unspecified atom stereocenters. The molecule has 10 heteroatoms. The molecular formula is C32H34BrNO7S. The number of aliphatic carboxylic acids is 1. The quantitative estimate of drug-likeness (QED) is 0.361. The van der Waals surface area contributed by atoms with Crippen LogP contribution in [0.25, 0.3) is 0 Å². The number of ketones is 2. The van der Waals surface area contributed by atoms with Crippen molar-refractivity contribution < 1.29 is 32.1 Å². The van der Waals surface area contributed by atoms with Crippen molar-refractivity contribution in [3.8, 4) is 5.75 Å². The summed E-state index contributed by atoms with van der Waals surface area (Å²) in [5, 5.41) is 9.85. The van der Waals surface area contributed by atoms with Crippen LogP contribution in [0.5, 0.6) is 5.75 Å². The van der Waals surface area contributed by atoms with E-state index in [9.17, 15) is 27.9 Å². The molecule has 0 fully saturated rings. The maximum Gasteiger partial charge on any atom is 0.339 e. The largest absolute Gasteiger partial charge is 0.480 e.